The highest BCUT2D eigenvalue weighted by molar-refractivity contribution is 7.89. The minimum atomic E-state index is -3.63. The lowest BCUT2D eigenvalue weighted by Crippen LogP contribution is -2.53. The minimum Gasteiger partial charge on any atom is -0.497 e. The number of hydrogen-bond donors (Lipinski definition) is 0. The average molecular weight is 409 g/mol. The molecule has 1 aromatic rings. The Morgan fingerprint density at radius 3 is 2.50 bits per heavy atom. The van der Waals surface area contributed by atoms with Crippen LogP contribution in [0.1, 0.15) is 38.5 Å². The molecule has 7 heteroatoms. The molecule has 1 aliphatic carbocycles. The van der Waals surface area contributed by atoms with E-state index in [0.717, 1.165) is 38.3 Å². The first-order valence-electron chi connectivity index (χ1n) is 10.4. The third-order valence-electron chi connectivity index (χ3n) is 6.57. The summed E-state index contributed by atoms with van der Waals surface area (Å²) >= 11 is 0. The fourth-order valence-electron chi connectivity index (χ4n) is 4.96. The Morgan fingerprint density at radius 2 is 1.82 bits per heavy atom. The van der Waals surface area contributed by atoms with Crippen molar-refractivity contribution in [1.29, 1.82) is 0 Å². The van der Waals surface area contributed by atoms with Crippen molar-refractivity contribution in [2.24, 2.45) is 11.3 Å². The number of sulfonamides is 1. The van der Waals surface area contributed by atoms with Crippen molar-refractivity contribution in [2.45, 2.75) is 43.4 Å². The predicted molar refractivity (Wildman–Crippen MR) is 108 cm³/mol. The van der Waals surface area contributed by atoms with Gasteiger partial charge in [-0.15, -0.1) is 0 Å². The van der Waals surface area contributed by atoms with Crippen LogP contribution in [0.3, 0.4) is 0 Å². The van der Waals surface area contributed by atoms with E-state index in [4.69, 9.17) is 9.47 Å². The van der Waals surface area contributed by atoms with Crippen LogP contribution in [0, 0.1) is 11.3 Å². The van der Waals surface area contributed by atoms with Crippen molar-refractivity contribution in [3.63, 3.8) is 0 Å². The molecule has 1 unspecified atom stereocenters. The molecule has 28 heavy (non-hydrogen) atoms. The maximum atomic E-state index is 13.5. The molecule has 0 N–H and O–H groups in total. The number of likely N-dealkylation sites (tertiary alicyclic amines) is 1. The Kier molecular flexibility index (Phi) is 5.60. The van der Waals surface area contributed by atoms with E-state index in [-0.39, 0.29) is 10.3 Å². The zero-order chi connectivity index (χ0) is 19.8. The van der Waals surface area contributed by atoms with Crippen LogP contribution in [-0.2, 0) is 10.0 Å². The van der Waals surface area contributed by atoms with Gasteiger partial charge in [-0.1, -0.05) is 0 Å². The zero-order valence-electron chi connectivity index (χ0n) is 17.0. The molecular formula is C21H32N2O4S. The van der Waals surface area contributed by atoms with E-state index in [0.29, 0.717) is 24.6 Å². The highest BCUT2D eigenvalue weighted by Crippen LogP contribution is 2.42. The van der Waals surface area contributed by atoms with Crippen molar-refractivity contribution >= 4 is 10.0 Å². The SMILES string of the molecule is COc1ccc(OC)c(S(=O)(=O)N2CCCC3(CCCN(CC4CC4)C3)C2)c1. The molecule has 0 amide bonds. The molecule has 2 saturated heterocycles. The van der Waals surface area contributed by atoms with Gasteiger partial charge in [-0.3, -0.25) is 0 Å². The fourth-order valence-corrected chi connectivity index (χ4v) is 6.72. The number of nitrogens with zero attached hydrogens (tertiary/aromatic N) is 2. The van der Waals surface area contributed by atoms with Gasteiger partial charge in [0.1, 0.15) is 16.4 Å². The lowest BCUT2D eigenvalue weighted by molar-refractivity contribution is 0.0378. The van der Waals surface area contributed by atoms with Crippen LogP contribution < -0.4 is 9.47 Å². The normalized spacial score (nSPS) is 27.1. The fraction of sp³-hybridized carbons (Fsp3) is 0.714. The second-order valence-corrected chi connectivity index (χ2v) is 10.6. The standard InChI is InChI=1S/C21H32N2O4S/c1-26-18-7-8-19(27-2)20(13-18)28(24,25)23-12-4-10-21(16-23)9-3-11-22(15-21)14-17-5-6-17/h7-8,13,17H,3-6,9-12,14-16H2,1-2H3. The Morgan fingerprint density at radius 1 is 1.07 bits per heavy atom. The van der Waals surface area contributed by atoms with Crippen LogP contribution in [-0.4, -0.2) is 64.6 Å². The van der Waals surface area contributed by atoms with Crippen LogP contribution in [0.4, 0.5) is 0 Å². The summed E-state index contributed by atoms with van der Waals surface area (Å²) in [7, 11) is -0.576. The Labute approximate surface area is 168 Å². The number of benzene rings is 1. The maximum Gasteiger partial charge on any atom is 0.246 e. The summed E-state index contributed by atoms with van der Waals surface area (Å²) in [6, 6.07) is 4.98. The molecule has 0 bridgehead atoms. The largest absolute Gasteiger partial charge is 0.497 e. The maximum absolute atomic E-state index is 13.5. The van der Waals surface area contributed by atoms with E-state index in [1.807, 2.05) is 0 Å². The van der Waals surface area contributed by atoms with E-state index < -0.39 is 10.0 Å². The van der Waals surface area contributed by atoms with Gasteiger partial charge in [-0.05, 0) is 68.5 Å². The van der Waals surface area contributed by atoms with Crippen molar-refractivity contribution in [3.05, 3.63) is 18.2 Å². The molecular weight excluding hydrogens is 376 g/mol. The van der Waals surface area contributed by atoms with Gasteiger partial charge in [-0.2, -0.15) is 4.31 Å². The summed E-state index contributed by atoms with van der Waals surface area (Å²) in [5, 5.41) is 0. The Bertz CT molecular complexity index is 805. The van der Waals surface area contributed by atoms with Crippen LogP contribution in [0.2, 0.25) is 0 Å². The number of ether oxygens (including phenoxy) is 2. The van der Waals surface area contributed by atoms with Gasteiger partial charge in [0.25, 0.3) is 0 Å². The van der Waals surface area contributed by atoms with E-state index in [9.17, 15) is 8.42 Å². The Hall–Kier alpha value is -1.31. The van der Waals surface area contributed by atoms with Crippen molar-refractivity contribution in [3.8, 4) is 11.5 Å². The second-order valence-electron chi connectivity index (χ2n) is 8.74. The summed E-state index contributed by atoms with van der Waals surface area (Å²) < 4.78 is 39.3. The lowest BCUT2D eigenvalue weighted by Gasteiger charge is -2.48. The van der Waals surface area contributed by atoms with Gasteiger partial charge < -0.3 is 14.4 Å². The summed E-state index contributed by atoms with van der Waals surface area (Å²) in [4.78, 5) is 2.79. The average Bonchev–Trinajstić information content (AvgIpc) is 3.51. The Balaban J connectivity index is 1.56. The first kappa shape index (κ1) is 20.0. The first-order chi connectivity index (χ1) is 13.5. The summed E-state index contributed by atoms with van der Waals surface area (Å²) in [6.07, 6.45) is 7.05. The summed E-state index contributed by atoms with van der Waals surface area (Å²) in [5.74, 6) is 1.78. The van der Waals surface area contributed by atoms with Crippen LogP contribution >= 0.6 is 0 Å². The molecule has 3 aliphatic rings. The van der Waals surface area contributed by atoms with Crippen LogP contribution in [0.25, 0.3) is 0 Å². The molecule has 1 spiro atoms. The smallest absolute Gasteiger partial charge is 0.246 e. The molecule has 2 heterocycles. The third-order valence-corrected chi connectivity index (χ3v) is 8.44. The van der Waals surface area contributed by atoms with Gasteiger partial charge >= 0.3 is 0 Å². The number of piperidine rings is 2. The molecule has 1 saturated carbocycles. The van der Waals surface area contributed by atoms with Crippen LogP contribution in [0.5, 0.6) is 11.5 Å². The summed E-state index contributed by atoms with van der Waals surface area (Å²) in [5.41, 5.74) is 0.0879. The molecule has 1 aromatic carbocycles. The number of hydrogen-bond acceptors (Lipinski definition) is 5. The van der Waals surface area contributed by atoms with E-state index in [1.165, 1.54) is 32.9 Å². The van der Waals surface area contributed by atoms with Gasteiger partial charge in [0, 0.05) is 32.2 Å². The zero-order valence-corrected chi connectivity index (χ0v) is 17.8. The van der Waals surface area contributed by atoms with Gasteiger partial charge in [0.15, 0.2) is 0 Å². The predicted octanol–water partition coefficient (Wildman–Crippen LogP) is 2.98. The topological polar surface area (TPSA) is 59.1 Å². The van der Waals surface area contributed by atoms with Gasteiger partial charge in [0.2, 0.25) is 10.0 Å². The first-order valence-corrected chi connectivity index (χ1v) is 11.8. The third kappa shape index (κ3) is 4.02. The van der Waals surface area contributed by atoms with Crippen molar-refractivity contribution < 1.29 is 17.9 Å². The minimum absolute atomic E-state index is 0.0879. The summed E-state index contributed by atoms with van der Waals surface area (Å²) in [6.45, 7) is 4.57. The quantitative estimate of drug-likeness (QED) is 0.724. The molecule has 1 atom stereocenters. The molecule has 156 valence electrons. The van der Waals surface area contributed by atoms with Gasteiger partial charge in [-0.25, -0.2) is 8.42 Å². The van der Waals surface area contributed by atoms with E-state index >= 15 is 0 Å². The van der Waals surface area contributed by atoms with E-state index in [2.05, 4.69) is 4.90 Å². The molecule has 0 radical (unpaired) electrons. The van der Waals surface area contributed by atoms with Gasteiger partial charge in [0.05, 0.1) is 14.2 Å². The van der Waals surface area contributed by atoms with E-state index in [1.54, 1.807) is 29.6 Å². The van der Waals surface area contributed by atoms with Crippen LogP contribution in [0.15, 0.2) is 23.1 Å². The monoisotopic (exact) mass is 408 g/mol. The second kappa shape index (κ2) is 7.84. The highest BCUT2D eigenvalue weighted by atomic mass is 32.2. The molecule has 6 nitrogen and oxygen atoms in total. The molecule has 2 aliphatic heterocycles. The highest BCUT2D eigenvalue weighted by Gasteiger charge is 2.43. The molecule has 3 fully saturated rings. The molecule has 4 rings (SSSR count). The number of rotatable bonds is 6. The molecule has 0 aromatic heterocycles. The van der Waals surface area contributed by atoms with Crippen molar-refractivity contribution in [2.75, 3.05) is 46.9 Å². The number of methoxy groups -OCH3 is 2. The van der Waals surface area contributed by atoms with Crippen molar-refractivity contribution in [1.82, 2.24) is 9.21 Å². The lowest BCUT2D eigenvalue weighted by atomic mass is 9.74.